The van der Waals surface area contributed by atoms with Crippen LogP contribution in [0.4, 0.5) is 0 Å². The molecule has 62 valence electrons. The summed E-state index contributed by atoms with van der Waals surface area (Å²) in [6, 6.07) is 7.59. The molecule has 0 aliphatic carbocycles. The quantitative estimate of drug-likeness (QED) is 0.608. The molecule has 1 aromatic carbocycles. The van der Waals surface area contributed by atoms with Crippen molar-refractivity contribution in [2.75, 3.05) is 0 Å². The molecule has 1 nitrogen and oxygen atoms in total. The lowest BCUT2D eigenvalue weighted by molar-refractivity contribution is 0.101. The molecule has 0 N–H and O–H groups in total. The van der Waals surface area contributed by atoms with Gasteiger partial charge >= 0.3 is 0 Å². The normalized spacial score (nSPS) is 10.5. The van der Waals surface area contributed by atoms with E-state index in [1.54, 1.807) is 6.92 Å². The molecule has 0 aliphatic rings. The third kappa shape index (κ3) is 2.06. The van der Waals surface area contributed by atoms with Crippen molar-refractivity contribution in [3.63, 3.8) is 0 Å². The van der Waals surface area contributed by atoms with Crippen LogP contribution < -0.4 is 0 Å². The standard InChI is InChI=1S/C11H12O/c1-3-5-10-6-4-7-11(8-10)9(2)12/h3-8H,1-2H3. The predicted octanol–water partition coefficient (Wildman–Crippen LogP) is 2.92. The van der Waals surface area contributed by atoms with E-state index in [2.05, 4.69) is 0 Å². The van der Waals surface area contributed by atoms with Crippen molar-refractivity contribution in [1.29, 1.82) is 0 Å². The van der Waals surface area contributed by atoms with Crippen LogP contribution in [0.25, 0.3) is 6.08 Å². The van der Waals surface area contributed by atoms with E-state index >= 15 is 0 Å². The maximum Gasteiger partial charge on any atom is 0.159 e. The summed E-state index contributed by atoms with van der Waals surface area (Å²) in [6.07, 6.45) is 3.94. The van der Waals surface area contributed by atoms with Crippen LogP contribution in [0.5, 0.6) is 0 Å². The topological polar surface area (TPSA) is 17.1 Å². The number of ketones is 1. The molecule has 0 heterocycles. The van der Waals surface area contributed by atoms with Crippen molar-refractivity contribution < 1.29 is 4.79 Å². The fourth-order valence-corrected chi connectivity index (χ4v) is 1.05. The maximum atomic E-state index is 11.0. The number of Topliss-reactive ketones (excluding diaryl/α,β-unsaturated/α-hetero) is 1. The summed E-state index contributed by atoms with van der Waals surface area (Å²) in [4.78, 5) is 11.0. The largest absolute Gasteiger partial charge is 0.295 e. The molecule has 1 rings (SSSR count). The molecule has 12 heavy (non-hydrogen) atoms. The van der Waals surface area contributed by atoms with Gasteiger partial charge in [0.05, 0.1) is 0 Å². The summed E-state index contributed by atoms with van der Waals surface area (Å²) in [7, 11) is 0. The SMILES string of the molecule is CC=Cc1cccc(C(C)=O)c1. The van der Waals surface area contributed by atoms with Crippen molar-refractivity contribution in [2.45, 2.75) is 13.8 Å². The van der Waals surface area contributed by atoms with Crippen molar-refractivity contribution in [2.24, 2.45) is 0 Å². The highest BCUT2D eigenvalue weighted by Gasteiger charge is 1.97. The molecule has 0 amide bonds. The Bertz CT molecular complexity index is 311. The van der Waals surface area contributed by atoms with E-state index in [1.165, 1.54) is 0 Å². The highest BCUT2D eigenvalue weighted by atomic mass is 16.1. The van der Waals surface area contributed by atoms with Crippen LogP contribution in [0.1, 0.15) is 29.8 Å². The van der Waals surface area contributed by atoms with Gasteiger partial charge in [-0.3, -0.25) is 4.79 Å². The number of allylic oxidation sites excluding steroid dienone is 1. The van der Waals surface area contributed by atoms with Crippen LogP contribution in [0.3, 0.4) is 0 Å². The monoisotopic (exact) mass is 160 g/mol. The predicted molar refractivity (Wildman–Crippen MR) is 51.2 cm³/mol. The number of carbonyl (C=O) groups excluding carboxylic acids is 1. The van der Waals surface area contributed by atoms with E-state index in [0.717, 1.165) is 11.1 Å². The molecule has 0 unspecified atom stereocenters. The van der Waals surface area contributed by atoms with Crippen LogP contribution in [0.2, 0.25) is 0 Å². The first-order chi connectivity index (χ1) is 5.74. The summed E-state index contributed by atoms with van der Waals surface area (Å²) < 4.78 is 0. The molecule has 1 heteroatoms. The second-order valence-corrected chi connectivity index (χ2v) is 2.68. The molecule has 0 saturated carbocycles. The van der Waals surface area contributed by atoms with Crippen molar-refractivity contribution in [3.8, 4) is 0 Å². The van der Waals surface area contributed by atoms with Crippen molar-refractivity contribution in [3.05, 3.63) is 41.5 Å². The zero-order valence-electron chi connectivity index (χ0n) is 7.37. The van der Waals surface area contributed by atoms with Gasteiger partial charge in [0.25, 0.3) is 0 Å². The summed E-state index contributed by atoms with van der Waals surface area (Å²) in [5.41, 5.74) is 1.84. The minimum atomic E-state index is 0.112. The molecule has 0 aliphatic heterocycles. The molecule has 0 bridgehead atoms. The highest BCUT2D eigenvalue weighted by molar-refractivity contribution is 5.94. The molecule has 0 atom stereocenters. The van der Waals surface area contributed by atoms with E-state index in [1.807, 2.05) is 43.3 Å². The highest BCUT2D eigenvalue weighted by Crippen LogP contribution is 2.07. The van der Waals surface area contributed by atoms with Gasteiger partial charge < -0.3 is 0 Å². The van der Waals surface area contributed by atoms with Crippen molar-refractivity contribution in [1.82, 2.24) is 0 Å². The summed E-state index contributed by atoms with van der Waals surface area (Å²) >= 11 is 0. The Kier molecular flexibility index (Phi) is 2.81. The molecule has 0 fully saturated rings. The second-order valence-electron chi connectivity index (χ2n) is 2.68. The molecule has 0 radical (unpaired) electrons. The fourth-order valence-electron chi connectivity index (χ4n) is 1.05. The second kappa shape index (κ2) is 3.86. The summed E-state index contributed by atoms with van der Waals surface area (Å²) in [5.74, 6) is 0.112. The van der Waals surface area contributed by atoms with Crippen LogP contribution in [-0.2, 0) is 0 Å². The van der Waals surface area contributed by atoms with Gasteiger partial charge in [-0.25, -0.2) is 0 Å². The van der Waals surface area contributed by atoms with Gasteiger partial charge in [0, 0.05) is 5.56 Å². The molecular formula is C11H12O. The van der Waals surface area contributed by atoms with Crippen LogP contribution in [-0.4, -0.2) is 5.78 Å². The Balaban J connectivity index is 3.03. The Morgan fingerprint density at radius 3 is 2.75 bits per heavy atom. The minimum Gasteiger partial charge on any atom is -0.295 e. The number of rotatable bonds is 2. The van der Waals surface area contributed by atoms with Gasteiger partial charge in [-0.2, -0.15) is 0 Å². The zero-order chi connectivity index (χ0) is 8.97. The Labute approximate surface area is 72.7 Å². The first-order valence-corrected chi connectivity index (χ1v) is 3.97. The molecule has 0 aromatic heterocycles. The lowest BCUT2D eigenvalue weighted by Crippen LogP contribution is -1.90. The fraction of sp³-hybridized carbons (Fsp3) is 0.182. The third-order valence-electron chi connectivity index (χ3n) is 1.65. The molecule has 1 aromatic rings. The average molecular weight is 160 g/mol. The Hall–Kier alpha value is -1.37. The summed E-state index contributed by atoms with van der Waals surface area (Å²) in [6.45, 7) is 3.54. The van der Waals surface area contributed by atoms with Gasteiger partial charge in [0.1, 0.15) is 0 Å². The van der Waals surface area contributed by atoms with E-state index < -0.39 is 0 Å². The van der Waals surface area contributed by atoms with Gasteiger partial charge in [0.15, 0.2) is 5.78 Å². The van der Waals surface area contributed by atoms with Gasteiger partial charge in [-0.05, 0) is 25.5 Å². The smallest absolute Gasteiger partial charge is 0.159 e. The minimum absolute atomic E-state index is 0.112. The van der Waals surface area contributed by atoms with Gasteiger partial charge in [0.2, 0.25) is 0 Å². The lowest BCUT2D eigenvalue weighted by atomic mass is 10.1. The molecule has 0 spiro atoms. The lowest BCUT2D eigenvalue weighted by Gasteiger charge is -1.96. The zero-order valence-corrected chi connectivity index (χ0v) is 7.37. The van der Waals surface area contributed by atoms with E-state index in [-0.39, 0.29) is 5.78 Å². The van der Waals surface area contributed by atoms with E-state index in [0.29, 0.717) is 0 Å². The number of carbonyl (C=O) groups is 1. The molecule has 0 saturated heterocycles. The Morgan fingerprint density at radius 2 is 2.17 bits per heavy atom. The Morgan fingerprint density at radius 1 is 1.42 bits per heavy atom. The van der Waals surface area contributed by atoms with Crippen molar-refractivity contribution >= 4 is 11.9 Å². The molecular weight excluding hydrogens is 148 g/mol. The van der Waals surface area contributed by atoms with Crippen LogP contribution in [0.15, 0.2) is 30.3 Å². The van der Waals surface area contributed by atoms with E-state index in [4.69, 9.17) is 0 Å². The first-order valence-electron chi connectivity index (χ1n) is 3.97. The number of hydrogen-bond acceptors (Lipinski definition) is 1. The van der Waals surface area contributed by atoms with Crippen LogP contribution in [0, 0.1) is 0 Å². The van der Waals surface area contributed by atoms with E-state index in [9.17, 15) is 4.79 Å². The van der Waals surface area contributed by atoms with Gasteiger partial charge in [-0.1, -0.05) is 30.4 Å². The average Bonchev–Trinajstić information content (AvgIpc) is 2.05. The first kappa shape index (κ1) is 8.72. The third-order valence-corrected chi connectivity index (χ3v) is 1.65. The van der Waals surface area contributed by atoms with Crippen LogP contribution >= 0.6 is 0 Å². The number of hydrogen-bond donors (Lipinski definition) is 0. The maximum absolute atomic E-state index is 11.0. The summed E-state index contributed by atoms with van der Waals surface area (Å²) in [5, 5.41) is 0. The van der Waals surface area contributed by atoms with Gasteiger partial charge in [-0.15, -0.1) is 0 Å². The number of benzene rings is 1.